The van der Waals surface area contributed by atoms with Gasteiger partial charge in [0.2, 0.25) is 0 Å². The Morgan fingerprint density at radius 2 is 1.94 bits per heavy atom. The van der Waals surface area contributed by atoms with Crippen LogP contribution in [0.4, 0.5) is 5.82 Å². The molecule has 0 fully saturated rings. The number of nitrogens with zero attached hydrogens (tertiary/aromatic N) is 2. The predicted molar refractivity (Wildman–Crippen MR) is 68.0 cm³/mol. The largest absolute Gasteiger partial charge is 0.369 e. The van der Waals surface area contributed by atoms with Gasteiger partial charge < -0.3 is 10.6 Å². The summed E-state index contributed by atoms with van der Waals surface area (Å²) < 4.78 is 0. The molecule has 0 amide bonds. The van der Waals surface area contributed by atoms with Crippen molar-refractivity contribution < 1.29 is 0 Å². The Bertz CT molecular complexity index is 326. The third kappa shape index (κ3) is 5.28. The molecule has 0 saturated heterocycles. The van der Waals surface area contributed by atoms with E-state index in [1.54, 1.807) is 6.07 Å². The first-order chi connectivity index (χ1) is 7.37. The Hall–Kier alpha value is -0.870. The summed E-state index contributed by atoms with van der Waals surface area (Å²) in [7, 11) is 0. The molecule has 1 aromatic rings. The molecular weight excluding hydrogens is 224 g/mol. The molecule has 5 heteroatoms. The predicted octanol–water partition coefficient (Wildman–Crippen LogP) is 2.24. The van der Waals surface area contributed by atoms with Crippen LogP contribution in [0.25, 0.3) is 0 Å². The minimum atomic E-state index is 0.140. The normalized spacial score (nSPS) is 11.6. The molecule has 0 unspecified atom stereocenters. The van der Waals surface area contributed by atoms with Crippen LogP contribution in [0.5, 0.6) is 0 Å². The number of hydrogen-bond donors (Lipinski definition) is 2. The van der Waals surface area contributed by atoms with Gasteiger partial charge in [-0.1, -0.05) is 11.6 Å². The first kappa shape index (κ1) is 13.2. The summed E-state index contributed by atoms with van der Waals surface area (Å²) in [6, 6.07) is 1.73. The fourth-order valence-corrected chi connectivity index (χ4v) is 1.48. The number of rotatable bonds is 4. The molecule has 0 aliphatic heterocycles. The van der Waals surface area contributed by atoms with Crippen molar-refractivity contribution in [2.75, 3.05) is 18.4 Å². The first-order valence-electron chi connectivity index (χ1n) is 5.37. The molecule has 1 aromatic heterocycles. The van der Waals surface area contributed by atoms with Crippen molar-refractivity contribution in [3.8, 4) is 0 Å². The number of aromatic nitrogens is 2. The van der Waals surface area contributed by atoms with Gasteiger partial charge >= 0.3 is 0 Å². The maximum absolute atomic E-state index is 5.83. The second kappa shape index (κ2) is 5.46. The highest BCUT2D eigenvalue weighted by atomic mass is 35.5. The molecular formula is C11H19ClN4. The Morgan fingerprint density at radius 3 is 2.50 bits per heavy atom. The van der Waals surface area contributed by atoms with Gasteiger partial charge in [0.15, 0.2) is 0 Å². The number of anilines is 1. The van der Waals surface area contributed by atoms with Crippen LogP contribution in [0.2, 0.25) is 5.15 Å². The third-order valence-corrected chi connectivity index (χ3v) is 2.09. The molecule has 0 atom stereocenters. The van der Waals surface area contributed by atoms with Crippen LogP contribution >= 0.6 is 11.6 Å². The van der Waals surface area contributed by atoms with Crippen molar-refractivity contribution in [1.82, 2.24) is 15.3 Å². The average molecular weight is 243 g/mol. The van der Waals surface area contributed by atoms with Gasteiger partial charge in [-0.25, -0.2) is 9.97 Å². The Kier molecular flexibility index (Phi) is 4.50. The van der Waals surface area contributed by atoms with Crippen LogP contribution in [0.3, 0.4) is 0 Å². The van der Waals surface area contributed by atoms with E-state index in [0.29, 0.717) is 11.0 Å². The lowest BCUT2D eigenvalue weighted by atomic mass is 10.1. The second-order valence-electron chi connectivity index (χ2n) is 4.73. The Balaban J connectivity index is 2.37. The van der Waals surface area contributed by atoms with Gasteiger partial charge in [-0.2, -0.15) is 0 Å². The lowest BCUT2D eigenvalue weighted by Gasteiger charge is -2.20. The van der Waals surface area contributed by atoms with Crippen molar-refractivity contribution in [2.45, 2.75) is 33.2 Å². The van der Waals surface area contributed by atoms with E-state index in [9.17, 15) is 0 Å². The highest BCUT2D eigenvalue weighted by Gasteiger charge is 2.07. The zero-order valence-electron chi connectivity index (χ0n) is 10.3. The van der Waals surface area contributed by atoms with Gasteiger partial charge in [0.25, 0.3) is 0 Å². The summed E-state index contributed by atoms with van der Waals surface area (Å²) in [4.78, 5) is 8.23. The van der Waals surface area contributed by atoms with Gasteiger partial charge in [0.05, 0.1) is 0 Å². The fourth-order valence-electron chi connectivity index (χ4n) is 1.25. The smallest absolute Gasteiger partial charge is 0.134 e. The van der Waals surface area contributed by atoms with Gasteiger partial charge in [0.1, 0.15) is 16.8 Å². The molecule has 0 saturated carbocycles. The summed E-state index contributed by atoms with van der Waals surface area (Å²) >= 11 is 5.83. The molecule has 1 heterocycles. The molecule has 16 heavy (non-hydrogen) atoms. The highest BCUT2D eigenvalue weighted by molar-refractivity contribution is 6.29. The molecule has 2 N–H and O–H groups in total. The zero-order valence-corrected chi connectivity index (χ0v) is 11.0. The molecule has 0 aliphatic rings. The lowest BCUT2D eigenvalue weighted by Crippen LogP contribution is -2.38. The van der Waals surface area contributed by atoms with E-state index in [-0.39, 0.29) is 5.54 Å². The van der Waals surface area contributed by atoms with Crippen LogP contribution in [-0.4, -0.2) is 28.6 Å². The number of halogens is 1. The average Bonchev–Trinajstić information content (AvgIpc) is 2.09. The van der Waals surface area contributed by atoms with Crippen LogP contribution in [0, 0.1) is 6.92 Å². The van der Waals surface area contributed by atoms with E-state index in [1.165, 1.54) is 0 Å². The maximum Gasteiger partial charge on any atom is 0.134 e. The molecule has 1 rings (SSSR count). The molecule has 90 valence electrons. The van der Waals surface area contributed by atoms with Crippen LogP contribution in [0.1, 0.15) is 26.6 Å². The first-order valence-corrected chi connectivity index (χ1v) is 5.75. The molecule has 0 aromatic carbocycles. The van der Waals surface area contributed by atoms with E-state index in [1.807, 2.05) is 6.92 Å². The van der Waals surface area contributed by atoms with Gasteiger partial charge in [0, 0.05) is 24.7 Å². The Morgan fingerprint density at radius 1 is 1.25 bits per heavy atom. The molecule has 0 spiro atoms. The van der Waals surface area contributed by atoms with E-state index < -0.39 is 0 Å². The van der Waals surface area contributed by atoms with Gasteiger partial charge in [-0.15, -0.1) is 0 Å². The quantitative estimate of drug-likeness (QED) is 0.628. The monoisotopic (exact) mass is 242 g/mol. The summed E-state index contributed by atoms with van der Waals surface area (Å²) in [5, 5.41) is 7.05. The topological polar surface area (TPSA) is 49.8 Å². The van der Waals surface area contributed by atoms with Crippen molar-refractivity contribution in [2.24, 2.45) is 0 Å². The zero-order chi connectivity index (χ0) is 12.2. The van der Waals surface area contributed by atoms with E-state index in [2.05, 4.69) is 41.4 Å². The van der Waals surface area contributed by atoms with Gasteiger partial charge in [-0.3, -0.25) is 0 Å². The van der Waals surface area contributed by atoms with Crippen LogP contribution < -0.4 is 10.6 Å². The lowest BCUT2D eigenvalue weighted by molar-refractivity contribution is 0.435. The summed E-state index contributed by atoms with van der Waals surface area (Å²) in [6.07, 6.45) is 0. The van der Waals surface area contributed by atoms with E-state index in [0.717, 1.165) is 18.9 Å². The van der Waals surface area contributed by atoms with Gasteiger partial charge in [-0.05, 0) is 27.7 Å². The number of nitrogens with one attached hydrogen (secondary N) is 2. The fraction of sp³-hybridized carbons (Fsp3) is 0.636. The molecule has 0 aliphatic carbocycles. The van der Waals surface area contributed by atoms with Crippen molar-refractivity contribution >= 4 is 17.4 Å². The van der Waals surface area contributed by atoms with Crippen molar-refractivity contribution in [3.05, 3.63) is 17.0 Å². The summed E-state index contributed by atoms with van der Waals surface area (Å²) in [5.41, 5.74) is 0.140. The SMILES string of the molecule is Cc1nc(Cl)cc(NCCNC(C)(C)C)n1. The van der Waals surface area contributed by atoms with Crippen molar-refractivity contribution in [1.29, 1.82) is 0 Å². The molecule has 0 bridgehead atoms. The van der Waals surface area contributed by atoms with E-state index >= 15 is 0 Å². The third-order valence-electron chi connectivity index (χ3n) is 1.89. The van der Waals surface area contributed by atoms with Crippen LogP contribution in [0.15, 0.2) is 6.07 Å². The molecule has 0 radical (unpaired) electrons. The minimum Gasteiger partial charge on any atom is -0.369 e. The minimum absolute atomic E-state index is 0.140. The summed E-state index contributed by atoms with van der Waals surface area (Å²) in [5.74, 6) is 1.45. The van der Waals surface area contributed by atoms with Crippen LogP contribution in [-0.2, 0) is 0 Å². The van der Waals surface area contributed by atoms with E-state index in [4.69, 9.17) is 11.6 Å². The highest BCUT2D eigenvalue weighted by Crippen LogP contribution is 2.10. The Labute approximate surface area is 102 Å². The number of hydrogen-bond acceptors (Lipinski definition) is 4. The van der Waals surface area contributed by atoms with Crippen molar-refractivity contribution in [3.63, 3.8) is 0 Å². The maximum atomic E-state index is 5.83. The summed E-state index contributed by atoms with van der Waals surface area (Å²) in [6.45, 7) is 9.93. The molecule has 4 nitrogen and oxygen atoms in total. The second-order valence-corrected chi connectivity index (χ2v) is 5.11. The number of aryl methyl sites for hydroxylation is 1. The standard InChI is InChI=1S/C11H19ClN4/c1-8-15-9(12)7-10(16-8)13-5-6-14-11(2,3)4/h7,14H,5-6H2,1-4H3,(H,13,15,16).